The molecule has 7 nitrogen and oxygen atoms in total. The van der Waals surface area contributed by atoms with Crippen molar-refractivity contribution < 1.29 is 18.5 Å². The number of aromatic nitrogens is 2. The third-order valence-corrected chi connectivity index (χ3v) is 9.07. The molecule has 0 bridgehead atoms. The zero-order valence-electron chi connectivity index (χ0n) is 19.4. The Balaban J connectivity index is 2.23. The molecule has 0 fully saturated rings. The topological polar surface area (TPSA) is 81.9 Å². The minimum Gasteiger partial charge on any atom is -0.462 e. The molecule has 2 heterocycles. The van der Waals surface area contributed by atoms with Gasteiger partial charge in [0, 0.05) is 10.9 Å². The lowest BCUT2D eigenvalue weighted by Gasteiger charge is -2.48. The van der Waals surface area contributed by atoms with E-state index >= 15 is 0 Å². The summed E-state index contributed by atoms with van der Waals surface area (Å²) in [5.74, 6) is -0.497. The zero-order chi connectivity index (χ0) is 22.7. The maximum atomic E-state index is 12.2. The van der Waals surface area contributed by atoms with Crippen molar-refractivity contribution in [2.75, 3.05) is 24.4 Å². The van der Waals surface area contributed by atoms with E-state index in [0.29, 0.717) is 12.1 Å². The first-order valence-electron chi connectivity index (χ1n) is 10.1. The summed E-state index contributed by atoms with van der Waals surface area (Å²) in [7, 11) is -1.24. The molecule has 1 amide bonds. The van der Waals surface area contributed by atoms with Crippen LogP contribution in [-0.4, -0.2) is 51.5 Å². The van der Waals surface area contributed by atoms with Gasteiger partial charge in [-0.1, -0.05) is 20.8 Å². The SMILES string of the molecule is CCOC(=O)c1cn2nc(CCC(C)(C)OS(C)(C)C(C)(C)C)cc2cc1NC=O. The highest BCUT2D eigenvalue weighted by atomic mass is 32.3. The summed E-state index contributed by atoms with van der Waals surface area (Å²) in [5.41, 5.74) is 2.07. The molecular formula is C22H35N3O4S. The van der Waals surface area contributed by atoms with Gasteiger partial charge in [0.15, 0.2) is 0 Å². The van der Waals surface area contributed by atoms with Crippen LogP contribution >= 0.6 is 10.3 Å². The van der Waals surface area contributed by atoms with Gasteiger partial charge >= 0.3 is 5.97 Å². The molecule has 0 aliphatic rings. The maximum Gasteiger partial charge on any atom is 0.341 e. The molecule has 0 saturated carbocycles. The molecule has 0 radical (unpaired) electrons. The summed E-state index contributed by atoms with van der Waals surface area (Å²) in [4.78, 5) is 23.2. The highest BCUT2D eigenvalue weighted by Gasteiger charge is 2.34. The quantitative estimate of drug-likeness (QED) is 0.458. The fourth-order valence-electron chi connectivity index (χ4n) is 2.93. The number of hydrogen-bond donors (Lipinski definition) is 1. The Labute approximate surface area is 181 Å². The molecule has 30 heavy (non-hydrogen) atoms. The van der Waals surface area contributed by atoms with Gasteiger partial charge in [-0.25, -0.2) is 9.31 Å². The Hall–Kier alpha value is -2.06. The van der Waals surface area contributed by atoms with Gasteiger partial charge < -0.3 is 14.2 Å². The number of carbonyl (C=O) groups is 2. The van der Waals surface area contributed by atoms with Crippen molar-refractivity contribution in [1.29, 1.82) is 0 Å². The molecule has 8 heteroatoms. The van der Waals surface area contributed by atoms with Crippen molar-refractivity contribution in [2.45, 2.75) is 64.7 Å². The Morgan fingerprint density at radius 1 is 1.23 bits per heavy atom. The van der Waals surface area contributed by atoms with E-state index in [-0.39, 0.29) is 22.5 Å². The number of pyridine rings is 1. The fraction of sp³-hybridized carbons (Fsp3) is 0.591. The van der Waals surface area contributed by atoms with Gasteiger partial charge in [-0.15, -0.1) is 10.3 Å². The van der Waals surface area contributed by atoms with Crippen molar-refractivity contribution in [2.24, 2.45) is 0 Å². The number of ether oxygens (including phenoxy) is 1. The van der Waals surface area contributed by atoms with Crippen LogP contribution in [0.15, 0.2) is 18.3 Å². The Morgan fingerprint density at radius 2 is 1.90 bits per heavy atom. The Bertz CT molecular complexity index is 913. The third-order valence-electron chi connectivity index (χ3n) is 5.25. The number of carbonyl (C=O) groups excluding carboxylic acids is 2. The first-order chi connectivity index (χ1) is 13.8. The second-order valence-corrected chi connectivity index (χ2v) is 13.1. The predicted molar refractivity (Wildman–Crippen MR) is 124 cm³/mol. The van der Waals surface area contributed by atoms with Crippen LogP contribution in [0.5, 0.6) is 0 Å². The number of esters is 1. The van der Waals surface area contributed by atoms with Crippen LogP contribution < -0.4 is 5.32 Å². The molecule has 0 aliphatic heterocycles. The largest absolute Gasteiger partial charge is 0.462 e. The summed E-state index contributed by atoms with van der Waals surface area (Å²) >= 11 is 0. The third kappa shape index (κ3) is 5.76. The number of anilines is 1. The van der Waals surface area contributed by atoms with Crippen LogP contribution in [0.2, 0.25) is 0 Å². The molecule has 0 aliphatic carbocycles. The van der Waals surface area contributed by atoms with E-state index in [4.69, 9.17) is 8.92 Å². The second-order valence-electron chi connectivity index (χ2n) is 9.28. The molecule has 168 valence electrons. The van der Waals surface area contributed by atoms with Crippen molar-refractivity contribution in [3.8, 4) is 0 Å². The van der Waals surface area contributed by atoms with Crippen LogP contribution in [0.1, 0.15) is 64.0 Å². The average Bonchev–Trinajstić information content (AvgIpc) is 3.00. The molecule has 0 spiro atoms. The van der Waals surface area contributed by atoms with Gasteiger partial charge in [0.1, 0.15) is 5.56 Å². The lowest BCUT2D eigenvalue weighted by Crippen LogP contribution is -2.34. The summed E-state index contributed by atoms with van der Waals surface area (Å²) in [5, 5.41) is 7.18. The van der Waals surface area contributed by atoms with Crippen LogP contribution in [0.25, 0.3) is 5.52 Å². The van der Waals surface area contributed by atoms with Crippen LogP contribution in [0.4, 0.5) is 5.69 Å². The van der Waals surface area contributed by atoms with Crippen molar-refractivity contribution >= 4 is 33.9 Å². The van der Waals surface area contributed by atoms with Crippen LogP contribution in [0, 0.1) is 0 Å². The van der Waals surface area contributed by atoms with E-state index < -0.39 is 16.3 Å². The van der Waals surface area contributed by atoms with Crippen molar-refractivity contribution in [1.82, 2.24) is 9.61 Å². The van der Waals surface area contributed by atoms with Gasteiger partial charge in [0.2, 0.25) is 6.41 Å². The minimum atomic E-state index is -1.24. The number of nitrogens with zero attached hydrogens (tertiary/aromatic N) is 2. The normalized spacial score (nSPS) is 13.3. The van der Waals surface area contributed by atoms with E-state index in [9.17, 15) is 9.59 Å². The minimum absolute atomic E-state index is 0.0961. The van der Waals surface area contributed by atoms with Crippen molar-refractivity contribution in [3.63, 3.8) is 0 Å². The number of nitrogens with one attached hydrogen (secondary N) is 1. The molecule has 2 aromatic heterocycles. The van der Waals surface area contributed by atoms with E-state index in [1.807, 2.05) is 6.07 Å². The number of hydrogen-bond acceptors (Lipinski definition) is 5. The van der Waals surface area contributed by atoms with Gasteiger partial charge in [0.05, 0.1) is 29.1 Å². The molecule has 0 aromatic carbocycles. The number of fused-ring (bicyclic) bond motifs is 1. The summed E-state index contributed by atoms with van der Waals surface area (Å²) in [6.45, 7) is 12.9. The van der Waals surface area contributed by atoms with Crippen LogP contribution in [0.3, 0.4) is 0 Å². The summed E-state index contributed by atoms with van der Waals surface area (Å²) in [6.07, 6.45) is 8.10. The zero-order valence-corrected chi connectivity index (χ0v) is 20.2. The van der Waals surface area contributed by atoms with E-state index in [0.717, 1.165) is 24.1 Å². The highest BCUT2D eigenvalue weighted by molar-refractivity contribution is 8.29. The lowest BCUT2D eigenvalue weighted by atomic mass is 10.0. The van der Waals surface area contributed by atoms with Crippen LogP contribution in [-0.2, 0) is 20.1 Å². The first-order valence-corrected chi connectivity index (χ1v) is 12.5. The fourth-order valence-corrected chi connectivity index (χ4v) is 4.39. The number of aryl methyl sites for hydroxylation is 1. The van der Waals surface area contributed by atoms with Gasteiger partial charge in [-0.3, -0.25) is 4.79 Å². The second kappa shape index (κ2) is 8.98. The highest BCUT2D eigenvalue weighted by Crippen LogP contribution is 2.56. The van der Waals surface area contributed by atoms with E-state index in [2.05, 4.69) is 57.5 Å². The molecule has 2 aromatic rings. The molecule has 0 saturated heterocycles. The Kier molecular flexibility index (Phi) is 7.24. The predicted octanol–water partition coefficient (Wildman–Crippen LogP) is 4.58. The first kappa shape index (κ1) is 24.2. The van der Waals surface area contributed by atoms with Gasteiger partial charge in [-0.05, 0) is 58.3 Å². The van der Waals surface area contributed by atoms with E-state index in [1.165, 1.54) is 0 Å². The molecule has 0 atom stereocenters. The van der Waals surface area contributed by atoms with E-state index in [1.54, 1.807) is 23.7 Å². The lowest BCUT2D eigenvalue weighted by molar-refractivity contribution is -0.105. The maximum absolute atomic E-state index is 12.2. The van der Waals surface area contributed by atoms with Gasteiger partial charge in [-0.2, -0.15) is 5.10 Å². The molecular weight excluding hydrogens is 402 g/mol. The molecule has 2 rings (SSSR count). The smallest absolute Gasteiger partial charge is 0.341 e. The summed E-state index contributed by atoms with van der Waals surface area (Å²) in [6, 6.07) is 3.69. The molecule has 0 unspecified atom stereocenters. The summed E-state index contributed by atoms with van der Waals surface area (Å²) < 4.78 is 13.4. The number of rotatable bonds is 9. The van der Waals surface area contributed by atoms with Gasteiger partial charge in [0.25, 0.3) is 0 Å². The standard InChI is InChI=1S/C22H35N3O4S/c1-9-28-20(27)18-14-25-17(13-19(18)23-15-26)12-16(24-25)10-11-22(5,6)29-30(7,8)21(2,3)4/h12-15H,9-11H2,1-8H3,(H,23,26). The Morgan fingerprint density at radius 3 is 2.47 bits per heavy atom. The number of amides is 1. The average molecular weight is 438 g/mol. The van der Waals surface area contributed by atoms with Crippen molar-refractivity contribution in [3.05, 3.63) is 29.6 Å². The molecule has 1 N–H and O–H groups in total. The monoisotopic (exact) mass is 437 g/mol.